The summed E-state index contributed by atoms with van der Waals surface area (Å²) in [7, 11) is 1.61. The van der Waals surface area contributed by atoms with Crippen molar-refractivity contribution < 1.29 is 9.84 Å². The predicted molar refractivity (Wildman–Crippen MR) is 66.7 cm³/mol. The van der Waals surface area contributed by atoms with Crippen molar-refractivity contribution in [3.63, 3.8) is 0 Å². The molecule has 0 fully saturated rings. The largest absolute Gasteiger partial charge is 0.481 e. The normalized spacial score (nSPS) is 11.3. The second-order valence-corrected chi connectivity index (χ2v) is 3.54. The number of aromatic nitrogens is 1. The van der Waals surface area contributed by atoms with E-state index in [1.54, 1.807) is 7.11 Å². The third kappa shape index (κ3) is 5.71. The van der Waals surface area contributed by atoms with E-state index in [0.717, 1.165) is 12.8 Å². The topological polar surface area (TPSA) is 42.4 Å². The monoisotopic (exact) mass is 225 g/mol. The van der Waals surface area contributed by atoms with E-state index in [0.29, 0.717) is 11.8 Å². The van der Waals surface area contributed by atoms with Crippen molar-refractivity contribution >= 4 is 0 Å². The van der Waals surface area contributed by atoms with Crippen molar-refractivity contribution in [2.24, 2.45) is 5.92 Å². The summed E-state index contributed by atoms with van der Waals surface area (Å²) in [6.45, 7) is 6.29. The van der Waals surface area contributed by atoms with Crippen molar-refractivity contribution in [2.45, 2.75) is 33.6 Å². The molecule has 0 saturated carbocycles. The fourth-order valence-corrected chi connectivity index (χ4v) is 1.18. The number of aliphatic hydroxyl groups excluding tert-OH is 1. The van der Waals surface area contributed by atoms with Crippen LogP contribution in [0.25, 0.3) is 0 Å². The highest BCUT2D eigenvalue weighted by atomic mass is 16.5. The van der Waals surface area contributed by atoms with E-state index in [4.69, 9.17) is 9.84 Å². The van der Waals surface area contributed by atoms with Gasteiger partial charge in [0.1, 0.15) is 0 Å². The molecule has 1 unspecified atom stereocenters. The van der Waals surface area contributed by atoms with Gasteiger partial charge in [0.05, 0.1) is 7.11 Å². The van der Waals surface area contributed by atoms with Gasteiger partial charge in [-0.15, -0.1) is 0 Å². The second kappa shape index (κ2) is 9.16. The molecule has 0 aromatic carbocycles. The first-order valence-corrected chi connectivity index (χ1v) is 5.86. The summed E-state index contributed by atoms with van der Waals surface area (Å²) in [5.74, 6) is 1.00. The number of hydrogen-bond acceptors (Lipinski definition) is 3. The maximum absolute atomic E-state index is 8.86. The summed E-state index contributed by atoms with van der Waals surface area (Å²) >= 11 is 0. The fourth-order valence-electron chi connectivity index (χ4n) is 1.18. The molecule has 0 bridgehead atoms. The molecular formula is C13H23NO2. The van der Waals surface area contributed by atoms with Gasteiger partial charge in [-0.1, -0.05) is 26.8 Å². The molecule has 0 amide bonds. The Bertz CT molecular complexity index is 259. The molecule has 0 aliphatic carbocycles. The smallest absolute Gasteiger partial charge is 0.212 e. The number of rotatable bonds is 5. The average molecular weight is 225 g/mol. The van der Waals surface area contributed by atoms with E-state index in [1.165, 1.54) is 5.56 Å². The molecule has 1 rings (SSSR count). The summed E-state index contributed by atoms with van der Waals surface area (Å²) < 4.78 is 4.96. The molecule has 3 heteroatoms. The SMILES string of the molecule is CC.COc1ccc(CCC(C)CO)cn1. The zero-order chi connectivity index (χ0) is 12.4. The van der Waals surface area contributed by atoms with Crippen LogP contribution < -0.4 is 4.74 Å². The summed E-state index contributed by atoms with van der Waals surface area (Å²) in [4.78, 5) is 4.12. The van der Waals surface area contributed by atoms with Gasteiger partial charge in [-0.3, -0.25) is 0 Å². The zero-order valence-electron chi connectivity index (χ0n) is 10.7. The van der Waals surface area contributed by atoms with Gasteiger partial charge in [0.15, 0.2) is 0 Å². The van der Waals surface area contributed by atoms with Crippen molar-refractivity contribution in [1.82, 2.24) is 4.98 Å². The highest BCUT2D eigenvalue weighted by Gasteiger charge is 2.01. The molecule has 1 atom stereocenters. The molecule has 1 heterocycles. The minimum atomic E-state index is 0.254. The number of hydrogen-bond donors (Lipinski definition) is 1. The van der Waals surface area contributed by atoms with Gasteiger partial charge >= 0.3 is 0 Å². The Morgan fingerprint density at radius 1 is 1.38 bits per heavy atom. The molecular weight excluding hydrogens is 202 g/mol. The maximum atomic E-state index is 8.86. The fraction of sp³-hybridized carbons (Fsp3) is 0.615. The molecule has 1 aromatic rings. The van der Waals surface area contributed by atoms with Crippen molar-refractivity contribution in [1.29, 1.82) is 0 Å². The number of pyridine rings is 1. The van der Waals surface area contributed by atoms with Gasteiger partial charge < -0.3 is 9.84 Å². The average Bonchev–Trinajstić information content (AvgIpc) is 2.38. The number of aryl methyl sites for hydroxylation is 1. The molecule has 0 radical (unpaired) electrons. The van der Waals surface area contributed by atoms with Gasteiger partial charge in [-0.2, -0.15) is 0 Å². The molecule has 16 heavy (non-hydrogen) atoms. The summed E-state index contributed by atoms with van der Waals surface area (Å²) in [6, 6.07) is 3.87. The zero-order valence-corrected chi connectivity index (χ0v) is 10.7. The molecule has 1 aromatic heterocycles. The second-order valence-electron chi connectivity index (χ2n) is 3.54. The first-order valence-electron chi connectivity index (χ1n) is 5.86. The van der Waals surface area contributed by atoms with Gasteiger partial charge in [0, 0.05) is 18.9 Å². The molecule has 1 N–H and O–H groups in total. The molecule has 0 aliphatic heterocycles. The van der Waals surface area contributed by atoms with Crippen molar-refractivity contribution in [3.8, 4) is 5.88 Å². The Hall–Kier alpha value is -1.09. The summed E-state index contributed by atoms with van der Waals surface area (Å²) in [5, 5.41) is 8.86. The minimum absolute atomic E-state index is 0.254. The van der Waals surface area contributed by atoms with Crippen LogP contribution in [-0.4, -0.2) is 23.8 Å². The number of nitrogens with zero attached hydrogens (tertiary/aromatic N) is 1. The van der Waals surface area contributed by atoms with Crippen LogP contribution in [0.4, 0.5) is 0 Å². The lowest BCUT2D eigenvalue weighted by molar-refractivity contribution is 0.230. The van der Waals surface area contributed by atoms with E-state index in [2.05, 4.69) is 4.98 Å². The first kappa shape index (κ1) is 14.9. The highest BCUT2D eigenvalue weighted by molar-refractivity contribution is 5.17. The van der Waals surface area contributed by atoms with E-state index >= 15 is 0 Å². The van der Waals surface area contributed by atoms with Crippen LogP contribution in [0.1, 0.15) is 32.8 Å². The molecule has 0 aliphatic rings. The quantitative estimate of drug-likeness (QED) is 0.837. The summed E-state index contributed by atoms with van der Waals surface area (Å²) in [5.41, 5.74) is 1.19. The molecule has 92 valence electrons. The van der Waals surface area contributed by atoms with Crippen LogP contribution >= 0.6 is 0 Å². The van der Waals surface area contributed by atoms with Crippen LogP contribution in [0.3, 0.4) is 0 Å². The van der Waals surface area contributed by atoms with E-state index in [1.807, 2.05) is 39.1 Å². The van der Waals surface area contributed by atoms with Crippen LogP contribution in [0.15, 0.2) is 18.3 Å². The Morgan fingerprint density at radius 2 is 2.06 bits per heavy atom. The minimum Gasteiger partial charge on any atom is -0.481 e. The van der Waals surface area contributed by atoms with Gasteiger partial charge in [-0.25, -0.2) is 4.98 Å². The van der Waals surface area contributed by atoms with Crippen LogP contribution in [0, 0.1) is 5.92 Å². The van der Waals surface area contributed by atoms with E-state index in [-0.39, 0.29) is 6.61 Å². The van der Waals surface area contributed by atoms with E-state index in [9.17, 15) is 0 Å². The van der Waals surface area contributed by atoms with Gasteiger partial charge in [0.2, 0.25) is 5.88 Å². The lowest BCUT2D eigenvalue weighted by atomic mass is 10.0. The summed E-state index contributed by atoms with van der Waals surface area (Å²) in [6.07, 6.45) is 3.77. The lowest BCUT2D eigenvalue weighted by Crippen LogP contribution is -2.02. The van der Waals surface area contributed by atoms with Crippen LogP contribution in [0.2, 0.25) is 0 Å². The number of methoxy groups -OCH3 is 1. The first-order chi connectivity index (χ1) is 7.76. The van der Waals surface area contributed by atoms with Crippen LogP contribution in [0.5, 0.6) is 5.88 Å². The van der Waals surface area contributed by atoms with Crippen LogP contribution in [-0.2, 0) is 6.42 Å². The lowest BCUT2D eigenvalue weighted by Gasteiger charge is -2.07. The van der Waals surface area contributed by atoms with Crippen molar-refractivity contribution in [2.75, 3.05) is 13.7 Å². The van der Waals surface area contributed by atoms with Gasteiger partial charge in [0.25, 0.3) is 0 Å². The van der Waals surface area contributed by atoms with Gasteiger partial charge in [-0.05, 0) is 24.3 Å². The maximum Gasteiger partial charge on any atom is 0.212 e. The highest BCUT2D eigenvalue weighted by Crippen LogP contribution is 2.11. The standard InChI is InChI=1S/C11H17NO2.C2H6/c1-9(8-13)3-4-10-5-6-11(14-2)12-7-10;1-2/h5-7,9,13H,3-4,8H2,1-2H3;1-2H3. The Balaban J connectivity index is 0.00000106. The third-order valence-electron chi connectivity index (χ3n) is 2.24. The number of aliphatic hydroxyl groups is 1. The van der Waals surface area contributed by atoms with Crippen molar-refractivity contribution in [3.05, 3.63) is 23.9 Å². The Labute approximate surface area is 98.5 Å². The Kier molecular flexibility index (Phi) is 8.53. The van der Waals surface area contributed by atoms with E-state index < -0.39 is 0 Å². The molecule has 0 spiro atoms. The predicted octanol–water partition coefficient (Wildman–Crippen LogP) is 2.68. The number of ether oxygens (including phenoxy) is 1. The Morgan fingerprint density at radius 3 is 2.50 bits per heavy atom. The molecule has 3 nitrogen and oxygen atoms in total. The molecule has 0 saturated heterocycles. The third-order valence-corrected chi connectivity index (χ3v) is 2.24.